The Morgan fingerprint density at radius 1 is 1.21 bits per heavy atom. The Hall–Kier alpha value is -3.26. The largest absolute Gasteiger partial charge is 0.497 e. The van der Waals surface area contributed by atoms with Crippen molar-refractivity contribution >= 4 is 23.3 Å². The van der Waals surface area contributed by atoms with Crippen LogP contribution in [0.25, 0.3) is 0 Å². The molecule has 3 rings (SSSR count). The molecule has 0 fully saturated rings. The molecule has 1 heterocycles. The fourth-order valence-corrected chi connectivity index (χ4v) is 3.31. The van der Waals surface area contributed by atoms with Gasteiger partial charge >= 0.3 is 6.03 Å². The lowest BCUT2D eigenvalue weighted by Crippen LogP contribution is -2.62. The van der Waals surface area contributed by atoms with Crippen LogP contribution in [0.15, 0.2) is 42.5 Å². The van der Waals surface area contributed by atoms with E-state index in [2.05, 4.69) is 10.6 Å². The zero-order valence-corrected chi connectivity index (χ0v) is 16.7. The number of anilines is 2. The fraction of sp³-hybridized carbons (Fsp3) is 0.333. The number of benzene rings is 2. The number of nitrogens with one attached hydrogen (secondary N) is 2. The SMILES string of the molecule is CCCCNC(=O)[C@@]1(O)c2ccccc2NC(=O)N1c1ccc(OC)cc1OC. The van der Waals surface area contributed by atoms with Gasteiger partial charge in [-0.1, -0.05) is 31.5 Å². The molecule has 154 valence electrons. The first-order chi connectivity index (χ1) is 14.0. The van der Waals surface area contributed by atoms with Crippen LogP contribution in [-0.4, -0.2) is 37.8 Å². The molecule has 0 spiro atoms. The minimum atomic E-state index is -2.26. The Morgan fingerprint density at radius 3 is 2.66 bits per heavy atom. The molecule has 1 atom stereocenters. The summed E-state index contributed by atoms with van der Waals surface area (Å²) in [7, 11) is 2.95. The summed E-state index contributed by atoms with van der Waals surface area (Å²) in [6.45, 7) is 2.38. The topological polar surface area (TPSA) is 100 Å². The molecule has 29 heavy (non-hydrogen) atoms. The number of carbonyl (C=O) groups excluding carboxylic acids is 2. The average Bonchev–Trinajstić information content (AvgIpc) is 2.73. The van der Waals surface area contributed by atoms with E-state index in [-0.39, 0.29) is 17.0 Å². The van der Waals surface area contributed by atoms with Gasteiger partial charge in [-0.15, -0.1) is 0 Å². The van der Waals surface area contributed by atoms with Crippen molar-refractivity contribution in [2.75, 3.05) is 31.0 Å². The molecule has 0 unspecified atom stereocenters. The van der Waals surface area contributed by atoms with Crippen molar-refractivity contribution in [3.05, 3.63) is 48.0 Å². The smallest absolute Gasteiger partial charge is 0.329 e. The molecule has 2 aromatic carbocycles. The molecule has 0 radical (unpaired) electrons. The molecule has 2 aromatic rings. The predicted molar refractivity (Wildman–Crippen MR) is 109 cm³/mol. The molecular weight excluding hydrogens is 374 g/mol. The summed E-state index contributed by atoms with van der Waals surface area (Å²) in [6, 6.07) is 10.8. The lowest BCUT2D eigenvalue weighted by atomic mass is 9.94. The van der Waals surface area contributed by atoms with E-state index in [9.17, 15) is 14.7 Å². The quantitative estimate of drug-likeness (QED) is 0.622. The van der Waals surface area contributed by atoms with Crippen molar-refractivity contribution in [1.29, 1.82) is 0 Å². The van der Waals surface area contributed by atoms with Gasteiger partial charge in [-0.3, -0.25) is 4.79 Å². The highest BCUT2D eigenvalue weighted by molar-refractivity contribution is 6.12. The fourth-order valence-electron chi connectivity index (χ4n) is 3.31. The van der Waals surface area contributed by atoms with Crippen LogP contribution in [-0.2, 0) is 10.5 Å². The first-order valence-electron chi connectivity index (χ1n) is 9.40. The summed E-state index contributed by atoms with van der Waals surface area (Å²) in [5, 5.41) is 17.2. The summed E-state index contributed by atoms with van der Waals surface area (Å²) in [5.74, 6) is 0.101. The third-order valence-corrected chi connectivity index (χ3v) is 4.83. The van der Waals surface area contributed by atoms with Crippen molar-refractivity contribution in [3.8, 4) is 11.5 Å². The second-order valence-electron chi connectivity index (χ2n) is 6.63. The van der Waals surface area contributed by atoms with Crippen LogP contribution in [0.1, 0.15) is 25.3 Å². The molecule has 0 saturated carbocycles. The normalized spacial score (nSPS) is 17.9. The number of para-hydroxylation sites is 1. The van der Waals surface area contributed by atoms with E-state index < -0.39 is 17.7 Å². The molecule has 8 heteroatoms. The average molecular weight is 399 g/mol. The first kappa shape index (κ1) is 20.5. The van der Waals surface area contributed by atoms with Crippen molar-refractivity contribution in [2.24, 2.45) is 0 Å². The number of unbranched alkanes of at least 4 members (excludes halogenated alkanes) is 1. The van der Waals surface area contributed by atoms with E-state index in [1.54, 1.807) is 42.5 Å². The van der Waals surface area contributed by atoms with Gasteiger partial charge in [0.05, 0.1) is 25.6 Å². The first-order valence-corrected chi connectivity index (χ1v) is 9.40. The Morgan fingerprint density at radius 2 is 1.97 bits per heavy atom. The van der Waals surface area contributed by atoms with Gasteiger partial charge in [0, 0.05) is 18.2 Å². The Labute approximate surface area is 169 Å². The van der Waals surface area contributed by atoms with E-state index >= 15 is 0 Å². The van der Waals surface area contributed by atoms with Gasteiger partial charge < -0.3 is 25.2 Å². The number of ether oxygens (including phenoxy) is 2. The number of rotatable bonds is 7. The van der Waals surface area contributed by atoms with Gasteiger partial charge in [0.25, 0.3) is 11.6 Å². The number of amides is 3. The minimum absolute atomic E-state index is 0.230. The molecule has 1 aliphatic rings. The lowest BCUT2D eigenvalue weighted by molar-refractivity contribution is -0.140. The zero-order chi connectivity index (χ0) is 21.0. The number of hydrogen-bond acceptors (Lipinski definition) is 5. The molecule has 0 saturated heterocycles. The second-order valence-corrected chi connectivity index (χ2v) is 6.63. The molecular formula is C21H25N3O5. The number of hydrogen-bond donors (Lipinski definition) is 3. The zero-order valence-electron chi connectivity index (χ0n) is 16.7. The van der Waals surface area contributed by atoms with Crippen LogP contribution in [0, 0.1) is 0 Å². The number of methoxy groups -OCH3 is 2. The monoisotopic (exact) mass is 399 g/mol. The molecule has 3 amide bonds. The van der Waals surface area contributed by atoms with Crippen LogP contribution >= 0.6 is 0 Å². The Kier molecular flexibility index (Phi) is 5.93. The highest BCUT2D eigenvalue weighted by Gasteiger charge is 2.52. The molecule has 0 bridgehead atoms. The van der Waals surface area contributed by atoms with Crippen LogP contribution in [0.2, 0.25) is 0 Å². The van der Waals surface area contributed by atoms with E-state index in [4.69, 9.17) is 9.47 Å². The summed E-state index contributed by atoms with van der Waals surface area (Å²) in [6.07, 6.45) is 1.63. The number of urea groups is 1. The van der Waals surface area contributed by atoms with Crippen LogP contribution in [0.3, 0.4) is 0 Å². The van der Waals surface area contributed by atoms with Crippen LogP contribution < -0.4 is 25.0 Å². The number of aliphatic hydroxyl groups is 1. The van der Waals surface area contributed by atoms with Crippen molar-refractivity contribution < 1.29 is 24.2 Å². The van der Waals surface area contributed by atoms with Gasteiger partial charge in [0.1, 0.15) is 11.5 Å². The number of carbonyl (C=O) groups is 2. The molecule has 8 nitrogen and oxygen atoms in total. The maximum Gasteiger partial charge on any atom is 0.329 e. The van der Waals surface area contributed by atoms with Crippen LogP contribution in [0.5, 0.6) is 11.5 Å². The Bertz CT molecular complexity index is 917. The minimum Gasteiger partial charge on any atom is -0.497 e. The van der Waals surface area contributed by atoms with Gasteiger partial charge in [-0.2, -0.15) is 0 Å². The van der Waals surface area contributed by atoms with Gasteiger partial charge in [0.2, 0.25) is 0 Å². The molecule has 0 aliphatic carbocycles. The van der Waals surface area contributed by atoms with Gasteiger partial charge in [-0.25, -0.2) is 9.69 Å². The third kappa shape index (κ3) is 3.58. The van der Waals surface area contributed by atoms with Crippen molar-refractivity contribution in [2.45, 2.75) is 25.5 Å². The standard InChI is InChI=1S/C21H25N3O5/c1-4-5-12-22-19(25)21(27)15-8-6-7-9-16(15)23-20(26)24(21)17-11-10-14(28-2)13-18(17)29-3/h6-11,13,27H,4-5,12H2,1-3H3,(H,22,25)(H,23,26)/t21-/m0/s1. The second kappa shape index (κ2) is 8.40. The van der Waals surface area contributed by atoms with E-state index in [0.717, 1.165) is 17.7 Å². The molecule has 0 aromatic heterocycles. The maximum absolute atomic E-state index is 13.2. The summed E-state index contributed by atoms with van der Waals surface area (Å²) >= 11 is 0. The van der Waals surface area contributed by atoms with Crippen LogP contribution in [0.4, 0.5) is 16.2 Å². The third-order valence-electron chi connectivity index (χ3n) is 4.83. The van der Waals surface area contributed by atoms with Gasteiger partial charge in [-0.05, 0) is 24.6 Å². The maximum atomic E-state index is 13.2. The van der Waals surface area contributed by atoms with Crippen molar-refractivity contribution in [1.82, 2.24) is 5.32 Å². The van der Waals surface area contributed by atoms with E-state index in [0.29, 0.717) is 18.0 Å². The summed E-state index contributed by atoms with van der Waals surface area (Å²) in [4.78, 5) is 27.2. The number of fused-ring (bicyclic) bond motifs is 1. The Balaban J connectivity index is 2.16. The summed E-state index contributed by atoms with van der Waals surface area (Å²) in [5.41, 5.74) is -1.39. The van der Waals surface area contributed by atoms with Gasteiger partial charge in [0.15, 0.2) is 0 Å². The molecule has 3 N–H and O–H groups in total. The van der Waals surface area contributed by atoms with E-state index in [1.165, 1.54) is 14.2 Å². The highest BCUT2D eigenvalue weighted by Crippen LogP contribution is 2.43. The predicted octanol–water partition coefficient (Wildman–Crippen LogP) is 2.82. The van der Waals surface area contributed by atoms with E-state index in [1.807, 2.05) is 6.92 Å². The molecule has 1 aliphatic heterocycles. The number of nitrogens with zero attached hydrogens (tertiary/aromatic N) is 1. The lowest BCUT2D eigenvalue weighted by Gasteiger charge is -2.43. The van der Waals surface area contributed by atoms with Crippen molar-refractivity contribution in [3.63, 3.8) is 0 Å². The highest BCUT2D eigenvalue weighted by atomic mass is 16.5. The summed E-state index contributed by atoms with van der Waals surface area (Å²) < 4.78 is 10.6.